The van der Waals surface area contributed by atoms with Gasteiger partial charge in [0.05, 0.1) is 25.3 Å². The van der Waals surface area contributed by atoms with Crippen molar-refractivity contribution in [2.24, 2.45) is 0 Å². The molecule has 15 heteroatoms. The number of fused-ring (bicyclic) bond motifs is 1. The number of hydrogen-bond donors (Lipinski definition) is 3. The molecule has 0 radical (unpaired) electrons. The number of nitrogen functional groups attached to an aromatic ring is 1. The van der Waals surface area contributed by atoms with E-state index in [1.54, 1.807) is 4.90 Å². The number of rotatable bonds is 4. The van der Waals surface area contributed by atoms with Gasteiger partial charge >= 0.3 is 6.18 Å². The van der Waals surface area contributed by atoms with Gasteiger partial charge in [0.2, 0.25) is 11.9 Å². The van der Waals surface area contributed by atoms with Crippen LogP contribution in [0.5, 0.6) is 0 Å². The largest absolute Gasteiger partial charge is 0.406 e. The first-order valence-electron chi connectivity index (χ1n) is 10.7. The second kappa shape index (κ2) is 8.81. The molecule has 0 aliphatic carbocycles. The Hall–Kier alpha value is -3.30. The smallest absolute Gasteiger partial charge is 0.378 e. The molecule has 4 N–H and O–H groups in total. The lowest BCUT2D eigenvalue weighted by Crippen LogP contribution is -2.51. The van der Waals surface area contributed by atoms with E-state index >= 15 is 0 Å². The van der Waals surface area contributed by atoms with Crippen molar-refractivity contribution in [3.63, 3.8) is 0 Å². The highest BCUT2D eigenvalue weighted by atomic mass is 19.4. The summed E-state index contributed by atoms with van der Waals surface area (Å²) in [6.07, 6.45) is -2.57. The van der Waals surface area contributed by atoms with E-state index in [1.165, 1.54) is 12.4 Å². The lowest BCUT2D eigenvalue weighted by molar-refractivity contribution is -0.139. The van der Waals surface area contributed by atoms with Crippen LogP contribution < -0.4 is 20.9 Å². The molecule has 0 spiro atoms. The van der Waals surface area contributed by atoms with Crippen molar-refractivity contribution < 1.29 is 23.0 Å². The standard InChI is InChI=1S/C19H23F3N10O2/c20-19(21,22)10-32-16-13(27-18(32)31-2-1-24-12(33)9-31)15(30-3-5-34-6-4-30)28-14(29-16)11-7-25-17(23)26-8-11/h7-8,12,24,33H,1-6,9-10H2,(H2,23,25,26). The SMILES string of the molecule is Nc1ncc(-c2nc(N3CCOCC3)c3nc(N4CCNC(O)C4)n(CC(F)(F)F)c3n2)cn1. The third-order valence-electron chi connectivity index (χ3n) is 5.57. The van der Waals surface area contributed by atoms with Gasteiger partial charge in [-0.15, -0.1) is 0 Å². The summed E-state index contributed by atoms with van der Waals surface area (Å²) in [4.78, 5) is 25.1. The van der Waals surface area contributed by atoms with Crippen LogP contribution in [0.2, 0.25) is 0 Å². The summed E-state index contributed by atoms with van der Waals surface area (Å²) in [7, 11) is 0. The summed E-state index contributed by atoms with van der Waals surface area (Å²) in [6.45, 7) is 1.45. The number of halogens is 3. The van der Waals surface area contributed by atoms with Crippen molar-refractivity contribution in [3.05, 3.63) is 12.4 Å². The zero-order chi connectivity index (χ0) is 23.9. The maximum Gasteiger partial charge on any atom is 0.406 e. The van der Waals surface area contributed by atoms with Crippen LogP contribution in [0.25, 0.3) is 22.6 Å². The molecule has 12 nitrogen and oxygen atoms in total. The number of alkyl halides is 3. The van der Waals surface area contributed by atoms with Crippen LogP contribution in [0.4, 0.5) is 30.9 Å². The van der Waals surface area contributed by atoms with Gasteiger partial charge in [-0.3, -0.25) is 9.88 Å². The molecular weight excluding hydrogens is 457 g/mol. The van der Waals surface area contributed by atoms with E-state index in [9.17, 15) is 18.3 Å². The highest BCUT2D eigenvalue weighted by Crippen LogP contribution is 2.33. The normalized spacial score (nSPS) is 19.7. The molecule has 2 aliphatic rings. The van der Waals surface area contributed by atoms with E-state index in [2.05, 4.69) is 30.2 Å². The summed E-state index contributed by atoms with van der Waals surface area (Å²) in [5.74, 6) is 0.685. The summed E-state index contributed by atoms with van der Waals surface area (Å²) in [5, 5.41) is 12.9. The minimum Gasteiger partial charge on any atom is -0.378 e. The first-order chi connectivity index (χ1) is 16.3. The molecule has 1 atom stereocenters. The van der Waals surface area contributed by atoms with E-state index in [0.717, 1.165) is 4.57 Å². The molecule has 0 aromatic carbocycles. The number of nitrogens with two attached hydrogens (primary N) is 1. The number of β-amino-alcohol motifs (C(OH)–C–C–N with tert-alkyl or cyclic N) is 1. The molecule has 0 saturated carbocycles. The van der Waals surface area contributed by atoms with E-state index in [0.29, 0.717) is 50.8 Å². The van der Waals surface area contributed by atoms with Crippen molar-refractivity contribution in [2.45, 2.75) is 18.9 Å². The van der Waals surface area contributed by atoms with Crippen LogP contribution in [0, 0.1) is 0 Å². The Bertz CT molecular complexity index is 1160. The third-order valence-corrected chi connectivity index (χ3v) is 5.57. The fraction of sp³-hybridized carbons (Fsp3) is 0.526. The highest BCUT2D eigenvalue weighted by Gasteiger charge is 2.34. The van der Waals surface area contributed by atoms with Crippen molar-refractivity contribution in [1.82, 2.24) is 34.8 Å². The van der Waals surface area contributed by atoms with Crippen LogP contribution in [0.15, 0.2) is 12.4 Å². The Balaban J connectivity index is 1.72. The number of aromatic nitrogens is 6. The third kappa shape index (κ3) is 4.53. The van der Waals surface area contributed by atoms with E-state index < -0.39 is 18.9 Å². The Morgan fingerprint density at radius 1 is 1.09 bits per heavy atom. The molecule has 0 bridgehead atoms. The molecule has 34 heavy (non-hydrogen) atoms. The lowest BCUT2D eigenvalue weighted by atomic mass is 10.3. The zero-order valence-corrected chi connectivity index (χ0v) is 18.0. The second-order valence-corrected chi connectivity index (χ2v) is 8.00. The van der Waals surface area contributed by atoms with Crippen LogP contribution in [0.1, 0.15) is 0 Å². The van der Waals surface area contributed by atoms with Gasteiger partial charge in [-0.2, -0.15) is 13.2 Å². The van der Waals surface area contributed by atoms with E-state index in [4.69, 9.17) is 10.5 Å². The molecule has 5 heterocycles. The van der Waals surface area contributed by atoms with E-state index in [1.807, 2.05) is 4.90 Å². The number of aliphatic hydroxyl groups excluding tert-OH is 1. The molecule has 2 fully saturated rings. The summed E-state index contributed by atoms with van der Waals surface area (Å²) >= 11 is 0. The molecule has 2 aliphatic heterocycles. The first-order valence-corrected chi connectivity index (χ1v) is 10.7. The van der Waals surface area contributed by atoms with Crippen LogP contribution >= 0.6 is 0 Å². The monoisotopic (exact) mass is 480 g/mol. The number of ether oxygens (including phenoxy) is 1. The zero-order valence-electron chi connectivity index (χ0n) is 18.0. The minimum atomic E-state index is -4.52. The summed E-state index contributed by atoms with van der Waals surface area (Å²) < 4.78 is 47.4. The number of anilines is 3. The van der Waals surface area contributed by atoms with Crippen LogP contribution in [-0.2, 0) is 11.3 Å². The highest BCUT2D eigenvalue weighted by molar-refractivity contribution is 5.88. The second-order valence-electron chi connectivity index (χ2n) is 8.00. The van der Waals surface area contributed by atoms with Gasteiger partial charge in [-0.25, -0.2) is 24.9 Å². The minimum absolute atomic E-state index is 0.0312. The van der Waals surface area contributed by atoms with Crippen LogP contribution in [0.3, 0.4) is 0 Å². The summed E-state index contributed by atoms with van der Waals surface area (Å²) in [5.41, 5.74) is 6.26. The van der Waals surface area contributed by atoms with Crippen molar-refractivity contribution in [1.29, 1.82) is 0 Å². The van der Waals surface area contributed by atoms with Gasteiger partial charge in [0, 0.05) is 38.6 Å². The lowest BCUT2D eigenvalue weighted by Gasteiger charge is -2.32. The van der Waals surface area contributed by atoms with Crippen molar-refractivity contribution in [3.8, 4) is 11.4 Å². The number of nitrogens with one attached hydrogen (secondary N) is 1. The molecule has 3 aromatic heterocycles. The van der Waals surface area contributed by atoms with Gasteiger partial charge in [0.15, 0.2) is 22.8 Å². The quantitative estimate of drug-likeness (QED) is 0.464. The van der Waals surface area contributed by atoms with Gasteiger partial charge in [0.25, 0.3) is 0 Å². The fourth-order valence-electron chi connectivity index (χ4n) is 4.03. The topological polar surface area (TPSA) is 143 Å². The number of aliphatic hydroxyl groups is 1. The molecule has 3 aromatic rings. The number of hydrogen-bond acceptors (Lipinski definition) is 11. The Morgan fingerprint density at radius 3 is 2.50 bits per heavy atom. The molecule has 182 valence electrons. The predicted molar refractivity (Wildman–Crippen MR) is 116 cm³/mol. The Kier molecular flexibility index (Phi) is 5.83. The number of nitrogens with zero attached hydrogens (tertiary/aromatic N) is 8. The average molecular weight is 480 g/mol. The van der Waals surface area contributed by atoms with E-state index in [-0.39, 0.29) is 35.4 Å². The maximum atomic E-state index is 13.7. The van der Waals surface area contributed by atoms with Gasteiger partial charge in [-0.05, 0) is 0 Å². The molecule has 5 rings (SSSR count). The fourth-order valence-corrected chi connectivity index (χ4v) is 4.03. The molecule has 0 amide bonds. The van der Waals surface area contributed by atoms with Crippen molar-refractivity contribution in [2.75, 3.05) is 61.5 Å². The number of imidazole rings is 1. The Labute approximate surface area is 191 Å². The number of morpholine rings is 1. The number of piperazine rings is 1. The molecule has 1 unspecified atom stereocenters. The van der Waals surface area contributed by atoms with Gasteiger partial charge in [0.1, 0.15) is 12.8 Å². The van der Waals surface area contributed by atoms with Crippen molar-refractivity contribution >= 4 is 28.9 Å². The first kappa shape index (κ1) is 22.5. The van der Waals surface area contributed by atoms with Gasteiger partial charge < -0.3 is 25.4 Å². The summed E-state index contributed by atoms with van der Waals surface area (Å²) in [6, 6.07) is 0. The molecule has 2 saturated heterocycles. The predicted octanol–water partition coefficient (Wildman–Crippen LogP) is -0.00760. The van der Waals surface area contributed by atoms with Gasteiger partial charge in [-0.1, -0.05) is 0 Å². The maximum absolute atomic E-state index is 13.7. The Morgan fingerprint density at radius 2 is 1.82 bits per heavy atom. The average Bonchev–Trinajstić information content (AvgIpc) is 3.16. The molecular formula is C19H23F3N10O2. The van der Waals surface area contributed by atoms with Crippen LogP contribution in [-0.4, -0.2) is 92.9 Å².